The maximum atomic E-state index is 11.3. The van der Waals surface area contributed by atoms with Crippen molar-refractivity contribution >= 4 is 5.91 Å². The number of hydrogen-bond acceptors (Lipinski definition) is 3. The van der Waals surface area contributed by atoms with Gasteiger partial charge in [0.2, 0.25) is 5.91 Å². The molecule has 0 aromatic carbocycles. The number of carbonyl (C=O) groups excluding carboxylic acids is 1. The molecule has 132 valence electrons. The monoisotopic (exact) mass is 313 g/mol. The first-order valence-corrected chi connectivity index (χ1v) is 9.45. The van der Waals surface area contributed by atoms with Crippen molar-refractivity contribution in [3.05, 3.63) is 0 Å². The third kappa shape index (κ3) is 14.3. The van der Waals surface area contributed by atoms with E-state index in [9.17, 15) is 4.79 Å². The number of amides is 1. The Balaban J connectivity index is 3.36. The second-order valence-corrected chi connectivity index (χ2v) is 6.38. The number of rotatable bonds is 17. The zero-order valence-electron chi connectivity index (χ0n) is 14.7. The van der Waals surface area contributed by atoms with Gasteiger partial charge in [-0.3, -0.25) is 4.79 Å². The van der Waals surface area contributed by atoms with Gasteiger partial charge in [-0.1, -0.05) is 71.1 Å². The van der Waals surface area contributed by atoms with E-state index < -0.39 is 0 Å². The van der Waals surface area contributed by atoms with Crippen molar-refractivity contribution in [1.29, 1.82) is 0 Å². The minimum absolute atomic E-state index is 0.176. The van der Waals surface area contributed by atoms with Gasteiger partial charge in [0.25, 0.3) is 0 Å². The fourth-order valence-corrected chi connectivity index (χ4v) is 2.73. The largest absolute Gasteiger partial charge is 0.368 e. The predicted molar refractivity (Wildman–Crippen MR) is 95.7 cm³/mol. The molecule has 4 nitrogen and oxygen atoms in total. The normalized spacial score (nSPS) is 12.5. The summed E-state index contributed by atoms with van der Waals surface area (Å²) in [5.41, 5.74) is 10.9. The van der Waals surface area contributed by atoms with Crippen LogP contribution in [0.15, 0.2) is 0 Å². The van der Waals surface area contributed by atoms with Crippen LogP contribution in [-0.4, -0.2) is 25.0 Å². The number of hydrogen-bond donors (Lipinski definition) is 3. The van der Waals surface area contributed by atoms with E-state index in [4.69, 9.17) is 11.5 Å². The summed E-state index contributed by atoms with van der Waals surface area (Å²) in [6.07, 6.45) is 16.1. The molecule has 0 aliphatic rings. The molecule has 0 saturated carbocycles. The van der Waals surface area contributed by atoms with E-state index in [0.717, 1.165) is 32.2 Å². The van der Waals surface area contributed by atoms with Crippen LogP contribution in [0.1, 0.15) is 90.4 Å². The van der Waals surface area contributed by atoms with Gasteiger partial charge in [-0.25, -0.2) is 0 Å². The van der Waals surface area contributed by atoms with Crippen molar-refractivity contribution in [3.8, 4) is 0 Å². The molecule has 0 rings (SSSR count). The van der Waals surface area contributed by atoms with Crippen LogP contribution < -0.4 is 16.8 Å². The van der Waals surface area contributed by atoms with Crippen molar-refractivity contribution in [2.75, 3.05) is 13.1 Å². The minimum atomic E-state index is -0.232. The molecule has 0 aliphatic carbocycles. The molecule has 0 saturated heterocycles. The van der Waals surface area contributed by atoms with Gasteiger partial charge in [0.1, 0.15) is 0 Å². The smallest absolute Gasteiger partial charge is 0.234 e. The second-order valence-electron chi connectivity index (χ2n) is 6.38. The van der Waals surface area contributed by atoms with Gasteiger partial charge in [-0.15, -0.1) is 0 Å². The van der Waals surface area contributed by atoms with E-state index in [1.807, 2.05) is 0 Å². The molecule has 0 aromatic heterocycles. The average molecular weight is 314 g/mol. The fraction of sp³-hybridized carbons (Fsp3) is 0.944. The highest BCUT2D eigenvalue weighted by atomic mass is 16.1. The maximum Gasteiger partial charge on any atom is 0.234 e. The van der Waals surface area contributed by atoms with Crippen LogP contribution in [0, 0.1) is 0 Å². The molecule has 4 heteroatoms. The van der Waals surface area contributed by atoms with Crippen LogP contribution in [0.3, 0.4) is 0 Å². The first-order chi connectivity index (χ1) is 10.7. The maximum absolute atomic E-state index is 11.3. The lowest BCUT2D eigenvalue weighted by molar-refractivity contribution is -0.120. The Bertz CT molecular complexity index is 246. The molecule has 0 heterocycles. The molecule has 22 heavy (non-hydrogen) atoms. The van der Waals surface area contributed by atoms with Gasteiger partial charge in [0.05, 0.1) is 6.04 Å². The first-order valence-electron chi connectivity index (χ1n) is 9.45. The summed E-state index contributed by atoms with van der Waals surface area (Å²) < 4.78 is 0. The van der Waals surface area contributed by atoms with Gasteiger partial charge in [0, 0.05) is 0 Å². The van der Waals surface area contributed by atoms with Crippen LogP contribution >= 0.6 is 0 Å². The van der Waals surface area contributed by atoms with Crippen molar-refractivity contribution in [2.45, 2.75) is 96.4 Å². The summed E-state index contributed by atoms with van der Waals surface area (Å²) in [4.78, 5) is 11.3. The van der Waals surface area contributed by atoms with Crippen molar-refractivity contribution < 1.29 is 4.79 Å². The van der Waals surface area contributed by atoms with Crippen molar-refractivity contribution in [3.63, 3.8) is 0 Å². The van der Waals surface area contributed by atoms with Gasteiger partial charge < -0.3 is 16.8 Å². The Kier molecular flexibility index (Phi) is 16.3. The van der Waals surface area contributed by atoms with Crippen LogP contribution in [0.4, 0.5) is 0 Å². The number of nitrogens with two attached hydrogens (primary N) is 2. The Morgan fingerprint density at radius 1 is 0.864 bits per heavy atom. The van der Waals surface area contributed by atoms with E-state index in [1.54, 1.807) is 0 Å². The zero-order chi connectivity index (χ0) is 16.5. The summed E-state index contributed by atoms with van der Waals surface area (Å²) in [5, 5.41) is 3.29. The Morgan fingerprint density at radius 2 is 1.41 bits per heavy atom. The summed E-state index contributed by atoms with van der Waals surface area (Å²) >= 11 is 0. The third-order valence-electron chi connectivity index (χ3n) is 4.21. The number of unbranched alkanes of at least 4 members (excludes halogenated alkanes) is 10. The van der Waals surface area contributed by atoms with Gasteiger partial charge in [0.15, 0.2) is 0 Å². The zero-order valence-corrected chi connectivity index (χ0v) is 14.7. The summed E-state index contributed by atoms with van der Waals surface area (Å²) in [6, 6.07) is -0.176. The molecule has 1 amide bonds. The molecule has 0 aliphatic heterocycles. The number of primary amides is 1. The van der Waals surface area contributed by atoms with Crippen LogP contribution in [0.2, 0.25) is 0 Å². The Labute approximate surface area is 137 Å². The second kappa shape index (κ2) is 16.8. The molecule has 0 aromatic rings. The number of carbonyl (C=O) groups is 1. The van der Waals surface area contributed by atoms with E-state index in [-0.39, 0.29) is 11.9 Å². The quantitative estimate of drug-likeness (QED) is 0.360. The summed E-state index contributed by atoms with van der Waals surface area (Å²) in [7, 11) is 0. The lowest BCUT2D eigenvalue weighted by Gasteiger charge is -2.15. The fourth-order valence-electron chi connectivity index (χ4n) is 2.73. The molecule has 0 radical (unpaired) electrons. The first kappa shape index (κ1) is 21.4. The van der Waals surface area contributed by atoms with Crippen LogP contribution in [0.5, 0.6) is 0 Å². The van der Waals surface area contributed by atoms with Crippen molar-refractivity contribution in [2.24, 2.45) is 11.5 Å². The van der Waals surface area contributed by atoms with E-state index in [1.165, 1.54) is 57.8 Å². The van der Waals surface area contributed by atoms with Gasteiger partial charge in [-0.2, -0.15) is 0 Å². The number of nitrogens with one attached hydrogen (secondary N) is 1. The highest BCUT2D eigenvalue weighted by molar-refractivity contribution is 5.79. The highest BCUT2D eigenvalue weighted by Gasteiger charge is 2.13. The highest BCUT2D eigenvalue weighted by Crippen LogP contribution is 2.10. The van der Waals surface area contributed by atoms with E-state index >= 15 is 0 Å². The molecule has 0 bridgehead atoms. The average Bonchev–Trinajstić information content (AvgIpc) is 2.50. The molecule has 0 spiro atoms. The van der Waals surface area contributed by atoms with Crippen LogP contribution in [0.25, 0.3) is 0 Å². The standard InChI is InChI=1S/C18H39N3O/c1-2-3-4-5-6-7-8-9-10-13-16-21-17(18(20)22)14-11-12-15-19/h17,21H,2-16,19H2,1H3,(H2,20,22)/t17-/m0/s1. The van der Waals surface area contributed by atoms with Crippen LogP contribution in [-0.2, 0) is 4.79 Å². The molecular weight excluding hydrogens is 274 g/mol. The molecule has 5 N–H and O–H groups in total. The lowest BCUT2D eigenvalue weighted by atomic mass is 10.1. The van der Waals surface area contributed by atoms with E-state index in [2.05, 4.69) is 12.2 Å². The SMILES string of the molecule is CCCCCCCCCCCCN[C@@H](CCCCN)C(N)=O. The Hall–Kier alpha value is -0.610. The molecule has 1 atom stereocenters. The topological polar surface area (TPSA) is 81.1 Å². The third-order valence-corrected chi connectivity index (χ3v) is 4.21. The summed E-state index contributed by atoms with van der Waals surface area (Å²) in [5.74, 6) is -0.232. The summed E-state index contributed by atoms with van der Waals surface area (Å²) in [6.45, 7) is 3.84. The molecule has 0 unspecified atom stereocenters. The van der Waals surface area contributed by atoms with Gasteiger partial charge in [-0.05, 0) is 32.4 Å². The lowest BCUT2D eigenvalue weighted by Crippen LogP contribution is -2.41. The molecular formula is C18H39N3O. The molecule has 0 fully saturated rings. The van der Waals surface area contributed by atoms with E-state index in [0.29, 0.717) is 6.54 Å². The minimum Gasteiger partial charge on any atom is -0.368 e. The Morgan fingerprint density at radius 3 is 1.91 bits per heavy atom. The predicted octanol–water partition coefficient (Wildman–Crippen LogP) is 3.48. The van der Waals surface area contributed by atoms with Gasteiger partial charge >= 0.3 is 0 Å². The van der Waals surface area contributed by atoms with Crippen molar-refractivity contribution in [1.82, 2.24) is 5.32 Å².